The Bertz CT molecular complexity index is 555. The fourth-order valence-electron chi connectivity index (χ4n) is 1.23. The van der Waals surface area contributed by atoms with Crippen LogP contribution in [0.15, 0.2) is 17.4 Å². The Morgan fingerprint density at radius 2 is 2.14 bits per heavy atom. The molecule has 1 heterocycles. The van der Waals surface area contributed by atoms with Crippen LogP contribution in [0.5, 0.6) is 0 Å². The molecular formula is C13H18N4O3S. The molecule has 114 valence electrons. The Balaban J connectivity index is 2.87. The van der Waals surface area contributed by atoms with Gasteiger partial charge in [-0.05, 0) is 20.8 Å². The van der Waals surface area contributed by atoms with Crippen LogP contribution in [0.1, 0.15) is 37.0 Å². The van der Waals surface area contributed by atoms with Gasteiger partial charge in [-0.2, -0.15) is 12.6 Å². The van der Waals surface area contributed by atoms with E-state index >= 15 is 0 Å². The van der Waals surface area contributed by atoms with E-state index in [9.17, 15) is 9.59 Å². The molecule has 1 aromatic rings. The van der Waals surface area contributed by atoms with E-state index in [-0.39, 0.29) is 17.0 Å². The third kappa shape index (κ3) is 5.90. The SMILES string of the molecule is CC(C)(C)N=Cc1cncc(C(=O)NC(CS)C(=O)O)n1. The van der Waals surface area contributed by atoms with Crippen LogP contribution in [0.25, 0.3) is 0 Å². The maximum absolute atomic E-state index is 11.9. The van der Waals surface area contributed by atoms with Crippen LogP contribution < -0.4 is 5.32 Å². The first kappa shape index (κ1) is 17.1. The van der Waals surface area contributed by atoms with E-state index in [1.807, 2.05) is 20.8 Å². The van der Waals surface area contributed by atoms with Crippen molar-refractivity contribution in [3.05, 3.63) is 23.8 Å². The number of carboxylic acids is 1. The Morgan fingerprint density at radius 3 is 2.67 bits per heavy atom. The second-order valence-corrected chi connectivity index (χ2v) is 5.67. The van der Waals surface area contributed by atoms with Crippen LogP contribution in [-0.4, -0.2) is 50.5 Å². The van der Waals surface area contributed by atoms with Gasteiger partial charge in [-0.15, -0.1) is 0 Å². The third-order valence-corrected chi connectivity index (χ3v) is 2.62. The topological polar surface area (TPSA) is 105 Å². The number of hydrogen-bond donors (Lipinski definition) is 3. The van der Waals surface area contributed by atoms with Crippen LogP contribution in [0.3, 0.4) is 0 Å². The molecule has 1 rings (SSSR count). The minimum Gasteiger partial charge on any atom is -0.480 e. The number of thiol groups is 1. The molecule has 21 heavy (non-hydrogen) atoms. The summed E-state index contributed by atoms with van der Waals surface area (Å²) in [6.07, 6.45) is 4.26. The quantitative estimate of drug-likeness (QED) is 0.551. The summed E-state index contributed by atoms with van der Waals surface area (Å²) in [5, 5.41) is 11.2. The molecule has 0 aliphatic heterocycles. The van der Waals surface area contributed by atoms with E-state index in [1.54, 1.807) is 0 Å². The lowest BCUT2D eigenvalue weighted by atomic mass is 10.1. The van der Waals surface area contributed by atoms with Crippen molar-refractivity contribution in [1.82, 2.24) is 15.3 Å². The fraction of sp³-hybridized carbons (Fsp3) is 0.462. The molecular weight excluding hydrogens is 292 g/mol. The first-order valence-corrected chi connectivity index (χ1v) is 6.88. The maximum atomic E-state index is 11.9. The molecule has 0 aromatic carbocycles. The van der Waals surface area contributed by atoms with E-state index in [0.29, 0.717) is 5.69 Å². The molecule has 8 heteroatoms. The number of nitrogens with zero attached hydrogens (tertiary/aromatic N) is 3. The summed E-state index contributed by atoms with van der Waals surface area (Å²) >= 11 is 3.87. The molecule has 0 fully saturated rings. The molecule has 0 radical (unpaired) electrons. The zero-order valence-electron chi connectivity index (χ0n) is 12.1. The van der Waals surface area contributed by atoms with Crippen molar-refractivity contribution < 1.29 is 14.7 Å². The van der Waals surface area contributed by atoms with E-state index < -0.39 is 17.9 Å². The Hall–Kier alpha value is -1.96. The summed E-state index contributed by atoms with van der Waals surface area (Å²) in [5.74, 6) is -1.79. The summed E-state index contributed by atoms with van der Waals surface area (Å²) in [6.45, 7) is 5.78. The molecule has 0 spiro atoms. The van der Waals surface area contributed by atoms with Crippen molar-refractivity contribution in [3.8, 4) is 0 Å². The summed E-state index contributed by atoms with van der Waals surface area (Å²) in [5.41, 5.74) is 0.191. The van der Waals surface area contributed by atoms with E-state index in [2.05, 4.69) is 32.9 Å². The number of carboxylic acid groups (broad SMARTS) is 1. The number of aliphatic carboxylic acids is 1. The predicted molar refractivity (Wildman–Crippen MR) is 82.1 cm³/mol. The lowest BCUT2D eigenvalue weighted by Crippen LogP contribution is -2.42. The predicted octanol–water partition coefficient (Wildman–Crippen LogP) is 0.807. The van der Waals surface area contributed by atoms with Crippen LogP contribution in [0.2, 0.25) is 0 Å². The highest BCUT2D eigenvalue weighted by Gasteiger charge is 2.20. The number of amides is 1. The lowest BCUT2D eigenvalue weighted by molar-refractivity contribution is -0.138. The second-order valence-electron chi connectivity index (χ2n) is 5.31. The number of carbonyl (C=O) groups excluding carboxylic acids is 1. The van der Waals surface area contributed by atoms with Crippen molar-refractivity contribution in [3.63, 3.8) is 0 Å². The molecule has 1 unspecified atom stereocenters. The van der Waals surface area contributed by atoms with Crippen LogP contribution in [-0.2, 0) is 4.79 Å². The largest absolute Gasteiger partial charge is 0.480 e. The summed E-state index contributed by atoms with van der Waals surface area (Å²) in [4.78, 5) is 35.0. The molecule has 1 aromatic heterocycles. The highest BCUT2D eigenvalue weighted by atomic mass is 32.1. The average Bonchev–Trinajstić information content (AvgIpc) is 2.41. The van der Waals surface area contributed by atoms with Gasteiger partial charge in [-0.3, -0.25) is 14.8 Å². The van der Waals surface area contributed by atoms with Crippen LogP contribution >= 0.6 is 12.6 Å². The van der Waals surface area contributed by atoms with Crippen molar-refractivity contribution in [2.75, 3.05) is 5.75 Å². The van der Waals surface area contributed by atoms with Crippen LogP contribution in [0, 0.1) is 0 Å². The summed E-state index contributed by atoms with van der Waals surface area (Å²) in [6, 6.07) is -1.07. The number of hydrogen-bond acceptors (Lipinski definition) is 6. The zero-order chi connectivity index (χ0) is 16.0. The van der Waals surface area contributed by atoms with E-state index in [1.165, 1.54) is 18.6 Å². The molecule has 2 N–H and O–H groups in total. The molecule has 1 amide bonds. The minimum absolute atomic E-state index is 0.0142. The van der Waals surface area contributed by atoms with Crippen molar-refractivity contribution >= 4 is 30.7 Å². The molecule has 0 aliphatic rings. The summed E-state index contributed by atoms with van der Waals surface area (Å²) < 4.78 is 0. The van der Waals surface area contributed by atoms with E-state index in [0.717, 1.165) is 0 Å². The normalized spacial score (nSPS) is 13.1. The molecule has 0 saturated carbocycles. The number of aliphatic imine (C=N–C) groups is 1. The number of rotatable bonds is 5. The van der Waals surface area contributed by atoms with Gasteiger partial charge in [0.1, 0.15) is 17.4 Å². The van der Waals surface area contributed by atoms with Crippen molar-refractivity contribution in [2.24, 2.45) is 4.99 Å². The van der Waals surface area contributed by atoms with Crippen molar-refractivity contribution in [1.29, 1.82) is 0 Å². The Labute approximate surface area is 128 Å². The number of aromatic nitrogens is 2. The standard InChI is InChI=1S/C13H18N4O3S/c1-13(2,3)15-5-8-4-14-6-9(16-8)11(18)17-10(7-21)12(19)20/h4-6,10,21H,7H2,1-3H3,(H,17,18)(H,19,20). The monoisotopic (exact) mass is 310 g/mol. The first-order chi connectivity index (χ1) is 9.73. The van der Waals surface area contributed by atoms with Gasteiger partial charge in [0.15, 0.2) is 0 Å². The molecule has 0 bridgehead atoms. The Morgan fingerprint density at radius 1 is 1.48 bits per heavy atom. The van der Waals surface area contributed by atoms with Gasteiger partial charge in [0.05, 0.1) is 17.9 Å². The minimum atomic E-state index is -1.16. The van der Waals surface area contributed by atoms with Gasteiger partial charge in [0, 0.05) is 12.0 Å². The van der Waals surface area contributed by atoms with Gasteiger partial charge >= 0.3 is 5.97 Å². The Kier molecular flexibility index (Phi) is 5.83. The number of nitrogens with one attached hydrogen (secondary N) is 1. The van der Waals surface area contributed by atoms with E-state index in [4.69, 9.17) is 5.11 Å². The van der Waals surface area contributed by atoms with Gasteiger partial charge in [0.25, 0.3) is 5.91 Å². The number of carbonyl (C=O) groups is 2. The molecule has 1 atom stereocenters. The molecule has 0 aliphatic carbocycles. The average molecular weight is 310 g/mol. The highest BCUT2D eigenvalue weighted by Crippen LogP contribution is 2.06. The van der Waals surface area contributed by atoms with Gasteiger partial charge in [0.2, 0.25) is 0 Å². The smallest absolute Gasteiger partial charge is 0.327 e. The van der Waals surface area contributed by atoms with Crippen molar-refractivity contribution in [2.45, 2.75) is 32.4 Å². The fourth-order valence-corrected chi connectivity index (χ4v) is 1.48. The third-order valence-electron chi connectivity index (χ3n) is 2.26. The first-order valence-electron chi connectivity index (χ1n) is 6.25. The van der Waals surface area contributed by atoms with Gasteiger partial charge in [-0.1, -0.05) is 0 Å². The highest BCUT2D eigenvalue weighted by molar-refractivity contribution is 7.80. The van der Waals surface area contributed by atoms with Gasteiger partial charge < -0.3 is 10.4 Å². The lowest BCUT2D eigenvalue weighted by Gasteiger charge is -2.12. The molecule has 0 saturated heterocycles. The van der Waals surface area contributed by atoms with Gasteiger partial charge in [-0.25, -0.2) is 9.78 Å². The second kappa shape index (κ2) is 7.16. The van der Waals surface area contributed by atoms with Crippen LogP contribution in [0.4, 0.5) is 0 Å². The molecule has 7 nitrogen and oxygen atoms in total. The maximum Gasteiger partial charge on any atom is 0.327 e. The zero-order valence-corrected chi connectivity index (χ0v) is 13.0. The summed E-state index contributed by atoms with van der Waals surface area (Å²) in [7, 11) is 0.